The summed E-state index contributed by atoms with van der Waals surface area (Å²) in [5.74, 6) is -0.634. The third kappa shape index (κ3) is 5.39. The van der Waals surface area contributed by atoms with E-state index in [4.69, 9.17) is 21.1 Å². The molecular weight excluding hydrogens is 536 g/mol. The van der Waals surface area contributed by atoms with Crippen LogP contribution in [0.4, 0.5) is 10.5 Å². The Balaban J connectivity index is 1.63. The molecule has 0 spiro atoms. The van der Waals surface area contributed by atoms with E-state index in [9.17, 15) is 14.4 Å². The fourth-order valence-corrected chi connectivity index (χ4v) is 3.98. The van der Waals surface area contributed by atoms with Gasteiger partial charge in [-0.3, -0.25) is 14.9 Å². The van der Waals surface area contributed by atoms with Crippen LogP contribution >= 0.6 is 27.5 Å². The second kappa shape index (κ2) is 10.3. The molecule has 3 aromatic rings. The summed E-state index contributed by atoms with van der Waals surface area (Å²) in [5.41, 5.74) is 2.56. The van der Waals surface area contributed by atoms with Gasteiger partial charge in [0.15, 0.2) is 11.5 Å². The normalized spacial score (nSPS) is 14.8. The molecule has 1 fully saturated rings. The molecule has 1 heterocycles. The summed E-state index contributed by atoms with van der Waals surface area (Å²) in [6, 6.07) is 16.6. The van der Waals surface area contributed by atoms with E-state index in [-0.39, 0.29) is 12.2 Å². The predicted octanol–water partition coefficient (Wildman–Crippen LogP) is 5.66. The van der Waals surface area contributed by atoms with Crippen LogP contribution in [-0.2, 0) is 16.2 Å². The summed E-state index contributed by atoms with van der Waals surface area (Å²) >= 11 is 9.40. The van der Waals surface area contributed by atoms with E-state index >= 15 is 0 Å². The summed E-state index contributed by atoms with van der Waals surface area (Å²) in [7, 11) is 1.49. The highest BCUT2D eigenvalue weighted by molar-refractivity contribution is 9.10. The van der Waals surface area contributed by atoms with Crippen molar-refractivity contribution in [2.24, 2.45) is 0 Å². The average molecular weight is 556 g/mol. The van der Waals surface area contributed by atoms with E-state index in [1.807, 2.05) is 19.1 Å². The van der Waals surface area contributed by atoms with E-state index in [0.29, 0.717) is 32.2 Å². The van der Waals surface area contributed by atoms with Gasteiger partial charge >= 0.3 is 6.03 Å². The van der Waals surface area contributed by atoms with Gasteiger partial charge in [-0.25, -0.2) is 9.69 Å². The van der Waals surface area contributed by atoms with Gasteiger partial charge in [-0.1, -0.05) is 57.4 Å². The maximum Gasteiger partial charge on any atom is 0.335 e. The number of rotatable bonds is 6. The zero-order valence-corrected chi connectivity index (χ0v) is 21.1. The van der Waals surface area contributed by atoms with Gasteiger partial charge < -0.3 is 9.47 Å². The number of nitrogens with zero attached hydrogens (tertiary/aromatic N) is 1. The van der Waals surface area contributed by atoms with Gasteiger partial charge in [0, 0.05) is 9.50 Å². The minimum absolute atomic E-state index is 0.192. The van der Waals surface area contributed by atoms with E-state index in [0.717, 1.165) is 16.0 Å². The van der Waals surface area contributed by atoms with Gasteiger partial charge in [0.25, 0.3) is 11.8 Å². The van der Waals surface area contributed by atoms with Crippen LogP contribution in [0.1, 0.15) is 16.7 Å². The number of hydrogen-bond donors (Lipinski definition) is 1. The first-order valence-corrected chi connectivity index (χ1v) is 11.7. The summed E-state index contributed by atoms with van der Waals surface area (Å²) in [6.45, 7) is 2.18. The molecule has 35 heavy (non-hydrogen) atoms. The molecule has 0 aliphatic carbocycles. The number of imide groups is 2. The molecule has 0 bridgehead atoms. The lowest BCUT2D eigenvalue weighted by Crippen LogP contribution is -2.54. The number of aryl methyl sites for hydroxylation is 1. The maximum atomic E-state index is 13.1. The Hall–Kier alpha value is -3.62. The van der Waals surface area contributed by atoms with Crippen molar-refractivity contribution in [1.29, 1.82) is 0 Å². The minimum atomic E-state index is -0.802. The van der Waals surface area contributed by atoms with Gasteiger partial charge in [-0.05, 0) is 60.5 Å². The molecule has 3 aromatic carbocycles. The second-order valence-electron chi connectivity index (χ2n) is 7.73. The predicted molar refractivity (Wildman–Crippen MR) is 137 cm³/mol. The van der Waals surface area contributed by atoms with Crippen molar-refractivity contribution < 1.29 is 23.9 Å². The minimum Gasteiger partial charge on any atom is -0.493 e. The van der Waals surface area contributed by atoms with Crippen molar-refractivity contribution in [3.05, 3.63) is 92.4 Å². The number of benzene rings is 3. The Morgan fingerprint density at radius 3 is 2.34 bits per heavy atom. The topological polar surface area (TPSA) is 84.9 Å². The highest BCUT2D eigenvalue weighted by Crippen LogP contribution is 2.36. The number of ether oxygens (including phenoxy) is 2. The van der Waals surface area contributed by atoms with Crippen LogP contribution in [0.5, 0.6) is 11.5 Å². The van der Waals surface area contributed by atoms with Crippen molar-refractivity contribution in [1.82, 2.24) is 5.32 Å². The number of nitrogens with one attached hydrogen (secondary N) is 1. The molecule has 0 aromatic heterocycles. The number of hydrogen-bond acceptors (Lipinski definition) is 5. The quantitative estimate of drug-likeness (QED) is 0.313. The Morgan fingerprint density at radius 1 is 1.00 bits per heavy atom. The molecule has 9 heteroatoms. The highest BCUT2D eigenvalue weighted by atomic mass is 79.9. The second-order valence-corrected chi connectivity index (χ2v) is 9.02. The number of halogens is 2. The Bertz CT molecular complexity index is 1340. The molecule has 1 N–H and O–H groups in total. The van der Waals surface area contributed by atoms with Crippen LogP contribution in [0, 0.1) is 6.92 Å². The molecule has 1 aliphatic rings. The van der Waals surface area contributed by atoms with Gasteiger partial charge in [-0.2, -0.15) is 0 Å². The van der Waals surface area contributed by atoms with Crippen LogP contribution in [0.3, 0.4) is 0 Å². The number of anilines is 1. The number of urea groups is 1. The van der Waals surface area contributed by atoms with Crippen LogP contribution in [0.25, 0.3) is 6.08 Å². The van der Waals surface area contributed by atoms with Gasteiger partial charge in [0.1, 0.15) is 12.2 Å². The molecule has 0 atom stereocenters. The van der Waals surface area contributed by atoms with E-state index in [1.54, 1.807) is 48.5 Å². The molecule has 0 radical (unpaired) electrons. The molecule has 1 aliphatic heterocycles. The first-order valence-electron chi connectivity index (χ1n) is 10.5. The standard InChI is InChI=1S/C26H20BrClN2O5/c1-15-3-9-19(10-4-15)30-25(32)20(24(31)29-26(30)33)11-17-12-22(34-2)23(13-21(17)27)35-14-16-5-7-18(28)8-6-16/h3-13H,14H2,1-2H3,(H,29,31,33)/b20-11+. The Morgan fingerprint density at radius 2 is 1.69 bits per heavy atom. The van der Waals surface area contributed by atoms with Crippen LogP contribution < -0.4 is 19.7 Å². The number of methoxy groups -OCH3 is 1. The summed E-state index contributed by atoms with van der Waals surface area (Å²) in [6.07, 6.45) is 1.40. The van der Waals surface area contributed by atoms with Gasteiger partial charge in [0.2, 0.25) is 0 Å². The number of barbiturate groups is 1. The van der Waals surface area contributed by atoms with Crippen molar-refractivity contribution in [3.63, 3.8) is 0 Å². The third-order valence-electron chi connectivity index (χ3n) is 5.28. The Kier molecular flexibility index (Phi) is 7.23. The van der Waals surface area contributed by atoms with Gasteiger partial charge in [-0.15, -0.1) is 0 Å². The fourth-order valence-electron chi connectivity index (χ4n) is 3.42. The van der Waals surface area contributed by atoms with Crippen molar-refractivity contribution >= 4 is 57.1 Å². The molecule has 0 saturated carbocycles. The summed E-state index contributed by atoms with van der Waals surface area (Å²) in [4.78, 5) is 39.0. The van der Waals surface area contributed by atoms with Gasteiger partial charge in [0.05, 0.1) is 12.8 Å². The molecule has 7 nitrogen and oxygen atoms in total. The van der Waals surface area contributed by atoms with Crippen molar-refractivity contribution in [3.8, 4) is 11.5 Å². The maximum absolute atomic E-state index is 13.1. The van der Waals surface area contributed by atoms with E-state index in [2.05, 4.69) is 21.2 Å². The van der Waals surface area contributed by atoms with Crippen LogP contribution in [0.15, 0.2) is 70.7 Å². The number of carbonyl (C=O) groups excluding carboxylic acids is 3. The first-order chi connectivity index (χ1) is 16.8. The fraction of sp³-hybridized carbons (Fsp3) is 0.115. The monoisotopic (exact) mass is 554 g/mol. The average Bonchev–Trinajstić information content (AvgIpc) is 2.83. The molecule has 1 saturated heterocycles. The largest absolute Gasteiger partial charge is 0.493 e. The molecule has 0 unspecified atom stereocenters. The Labute approximate surface area is 215 Å². The lowest BCUT2D eigenvalue weighted by molar-refractivity contribution is -0.122. The van der Waals surface area contributed by atoms with Crippen LogP contribution in [-0.4, -0.2) is 25.0 Å². The number of amides is 4. The van der Waals surface area contributed by atoms with Crippen molar-refractivity contribution in [2.45, 2.75) is 13.5 Å². The summed E-state index contributed by atoms with van der Waals surface area (Å²) in [5, 5.41) is 2.86. The first kappa shape index (κ1) is 24.5. The SMILES string of the molecule is COc1cc(/C=C2\C(=O)NC(=O)N(c3ccc(C)cc3)C2=O)c(Br)cc1OCc1ccc(Cl)cc1. The van der Waals surface area contributed by atoms with Crippen LogP contribution in [0.2, 0.25) is 5.02 Å². The molecule has 4 rings (SSSR count). The van der Waals surface area contributed by atoms with E-state index in [1.165, 1.54) is 13.2 Å². The number of carbonyl (C=O) groups is 3. The summed E-state index contributed by atoms with van der Waals surface area (Å²) < 4.78 is 11.9. The van der Waals surface area contributed by atoms with Crippen molar-refractivity contribution in [2.75, 3.05) is 12.0 Å². The van der Waals surface area contributed by atoms with E-state index < -0.39 is 17.8 Å². The smallest absolute Gasteiger partial charge is 0.335 e. The molecule has 178 valence electrons. The third-order valence-corrected chi connectivity index (χ3v) is 6.22. The highest BCUT2D eigenvalue weighted by Gasteiger charge is 2.37. The zero-order valence-electron chi connectivity index (χ0n) is 18.8. The zero-order chi connectivity index (χ0) is 25.1. The molecule has 4 amide bonds. The lowest BCUT2D eigenvalue weighted by atomic mass is 10.1. The molecular formula is C26H20BrClN2O5. The lowest BCUT2D eigenvalue weighted by Gasteiger charge is -2.26.